The molecule has 18 heavy (non-hydrogen) atoms. The first kappa shape index (κ1) is 14.7. The van der Waals surface area contributed by atoms with Crippen LogP contribution in [0.4, 0.5) is 11.5 Å². The van der Waals surface area contributed by atoms with Crippen molar-refractivity contribution >= 4 is 11.5 Å². The van der Waals surface area contributed by atoms with Crippen LogP contribution in [-0.2, 0) is 0 Å². The van der Waals surface area contributed by atoms with Crippen molar-refractivity contribution in [1.29, 1.82) is 0 Å². The SMILES string of the molecule is CCCNc1cc(NC(CC)(CO)CO)ccn1. The minimum atomic E-state index is -0.677. The van der Waals surface area contributed by atoms with Crippen LogP contribution >= 0.6 is 0 Å². The van der Waals surface area contributed by atoms with Gasteiger partial charge in [-0.25, -0.2) is 4.98 Å². The van der Waals surface area contributed by atoms with E-state index >= 15 is 0 Å². The van der Waals surface area contributed by atoms with E-state index in [-0.39, 0.29) is 13.2 Å². The monoisotopic (exact) mass is 253 g/mol. The Labute approximate surface area is 108 Å². The van der Waals surface area contributed by atoms with Crippen LogP contribution < -0.4 is 10.6 Å². The van der Waals surface area contributed by atoms with Crippen molar-refractivity contribution in [2.24, 2.45) is 0 Å². The topological polar surface area (TPSA) is 77.4 Å². The molecule has 5 nitrogen and oxygen atoms in total. The zero-order valence-corrected chi connectivity index (χ0v) is 11.1. The maximum atomic E-state index is 9.39. The molecule has 0 unspecified atom stereocenters. The summed E-state index contributed by atoms with van der Waals surface area (Å²) in [5, 5.41) is 25.2. The molecule has 0 aromatic carbocycles. The number of aromatic nitrogens is 1. The summed E-state index contributed by atoms with van der Waals surface area (Å²) in [6.07, 6.45) is 3.38. The van der Waals surface area contributed by atoms with E-state index in [2.05, 4.69) is 22.5 Å². The summed E-state index contributed by atoms with van der Waals surface area (Å²) < 4.78 is 0. The fourth-order valence-corrected chi connectivity index (χ4v) is 1.61. The third-order valence-corrected chi connectivity index (χ3v) is 3.01. The lowest BCUT2D eigenvalue weighted by atomic mass is 9.98. The van der Waals surface area contributed by atoms with Gasteiger partial charge >= 0.3 is 0 Å². The van der Waals surface area contributed by atoms with Gasteiger partial charge in [0.2, 0.25) is 0 Å². The van der Waals surface area contributed by atoms with E-state index in [0.717, 1.165) is 24.5 Å². The molecule has 0 fully saturated rings. The van der Waals surface area contributed by atoms with E-state index in [0.29, 0.717) is 6.42 Å². The van der Waals surface area contributed by atoms with Gasteiger partial charge in [-0.3, -0.25) is 0 Å². The standard InChI is InChI=1S/C13H23N3O2/c1-3-6-14-12-8-11(5-7-15-12)16-13(4-2,9-17)10-18/h5,7-8,17-18H,3-4,6,9-10H2,1-2H3,(H2,14,15,16). The van der Waals surface area contributed by atoms with Gasteiger partial charge < -0.3 is 20.8 Å². The molecule has 5 heteroatoms. The summed E-state index contributed by atoms with van der Waals surface area (Å²) in [5.41, 5.74) is 0.164. The van der Waals surface area contributed by atoms with Crippen LogP contribution in [0.3, 0.4) is 0 Å². The zero-order chi connectivity index (χ0) is 13.4. The van der Waals surface area contributed by atoms with E-state index in [1.165, 1.54) is 0 Å². The van der Waals surface area contributed by atoms with Crippen LogP contribution in [0.2, 0.25) is 0 Å². The largest absolute Gasteiger partial charge is 0.394 e. The summed E-state index contributed by atoms with van der Waals surface area (Å²) in [6, 6.07) is 3.71. The number of pyridine rings is 1. The molecular formula is C13H23N3O2. The first-order valence-electron chi connectivity index (χ1n) is 6.39. The molecule has 0 saturated heterocycles. The molecule has 1 rings (SSSR count). The fraction of sp³-hybridized carbons (Fsp3) is 0.615. The Morgan fingerprint density at radius 1 is 1.28 bits per heavy atom. The number of rotatable bonds is 8. The quantitative estimate of drug-likeness (QED) is 0.564. The minimum Gasteiger partial charge on any atom is -0.394 e. The van der Waals surface area contributed by atoms with Crippen LogP contribution in [0.1, 0.15) is 26.7 Å². The first-order valence-corrected chi connectivity index (χ1v) is 6.39. The summed E-state index contributed by atoms with van der Waals surface area (Å²) >= 11 is 0. The Morgan fingerprint density at radius 3 is 2.56 bits per heavy atom. The van der Waals surface area contributed by atoms with Gasteiger partial charge in [0.05, 0.1) is 18.8 Å². The number of anilines is 2. The van der Waals surface area contributed by atoms with E-state index in [9.17, 15) is 10.2 Å². The number of hydrogen-bond acceptors (Lipinski definition) is 5. The molecule has 1 aromatic rings. The van der Waals surface area contributed by atoms with Crippen molar-refractivity contribution in [3.8, 4) is 0 Å². The van der Waals surface area contributed by atoms with Crippen molar-refractivity contribution in [1.82, 2.24) is 4.98 Å². The molecule has 0 aliphatic carbocycles. The second kappa shape index (κ2) is 7.18. The Morgan fingerprint density at radius 2 is 2.00 bits per heavy atom. The van der Waals surface area contributed by atoms with Gasteiger partial charge in [-0.1, -0.05) is 13.8 Å². The minimum absolute atomic E-state index is 0.111. The molecule has 102 valence electrons. The third kappa shape index (κ3) is 3.85. The lowest BCUT2D eigenvalue weighted by molar-refractivity contribution is 0.132. The van der Waals surface area contributed by atoms with Gasteiger partial charge in [0.25, 0.3) is 0 Å². The average molecular weight is 253 g/mol. The van der Waals surface area contributed by atoms with Crippen LogP contribution in [0, 0.1) is 0 Å². The van der Waals surface area contributed by atoms with Gasteiger partial charge in [0, 0.05) is 24.5 Å². The highest BCUT2D eigenvalue weighted by Crippen LogP contribution is 2.20. The zero-order valence-electron chi connectivity index (χ0n) is 11.1. The van der Waals surface area contributed by atoms with Crippen molar-refractivity contribution < 1.29 is 10.2 Å². The molecule has 0 amide bonds. The maximum absolute atomic E-state index is 9.39. The van der Waals surface area contributed by atoms with Crippen LogP contribution in [0.15, 0.2) is 18.3 Å². The Kier molecular flexibility index (Phi) is 5.88. The maximum Gasteiger partial charge on any atom is 0.127 e. The predicted octanol–water partition coefficient (Wildman–Crippen LogP) is 1.45. The predicted molar refractivity (Wildman–Crippen MR) is 73.8 cm³/mol. The molecule has 4 N–H and O–H groups in total. The number of aliphatic hydroxyl groups is 2. The van der Waals surface area contributed by atoms with Crippen LogP contribution in [-0.4, -0.2) is 40.5 Å². The molecule has 0 saturated carbocycles. The second-order valence-electron chi connectivity index (χ2n) is 4.43. The second-order valence-corrected chi connectivity index (χ2v) is 4.43. The fourth-order valence-electron chi connectivity index (χ4n) is 1.61. The molecule has 0 atom stereocenters. The molecule has 1 heterocycles. The normalized spacial score (nSPS) is 11.3. The van der Waals surface area contributed by atoms with Crippen molar-refractivity contribution in [2.75, 3.05) is 30.4 Å². The van der Waals surface area contributed by atoms with E-state index in [1.54, 1.807) is 6.20 Å². The molecule has 0 bridgehead atoms. The lowest BCUT2D eigenvalue weighted by Crippen LogP contribution is -2.45. The lowest BCUT2D eigenvalue weighted by Gasteiger charge is -2.31. The van der Waals surface area contributed by atoms with E-state index in [4.69, 9.17) is 0 Å². The van der Waals surface area contributed by atoms with Gasteiger partial charge in [-0.05, 0) is 18.9 Å². The van der Waals surface area contributed by atoms with Crippen molar-refractivity contribution in [3.05, 3.63) is 18.3 Å². The summed E-state index contributed by atoms with van der Waals surface area (Å²) in [6.45, 7) is 4.67. The number of nitrogens with zero attached hydrogens (tertiary/aromatic N) is 1. The summed E-state index contributed by atoms with van der Waals surface area (Å²) in [5.74, 6) is 0.794. The first-order chi connectivity index (χ1) is 8.69. The number of aliphatic hydroxyl groups excluding tert-OH is 2. The number of nitrogens with one attached hydrogen (secondary N) is 2. The molecule has 1 aromatic heterocycles. The highest BCUT2D eigenvalue weighted by Gasteiger charge is 2.26. The smallest absolute Gasteiger partial charge is 0.127 e. The Hall–Kier alpha value is -1.33. The molecule has 0 spiro atoms. The highest BCUT2D eigenvalue weighted by molar-refractivity contribution is 5.53. The van der Waals surface area contributed by atoms with Crippen LogP contribution in [0.5, 0.6) is 0 Å². The molecule has 0 radical (unpaired) electrons. The summed E-state index contributed by atoms with van der Waals surface area (Å²) in [7, 11) is 0. The van der Waals surface area contributed by atoms with Crippen molar-refractivity contribution in [2.45, 2.75) is 32.2 Å². The average Bonchev–Trinajstić information content (AvgIpc) is 2.43. The van der Waals surface area contributed by atoms with E-state index in [1.807, 2.05) is 19.1 Å². The molecular weight excluding hydrogens is 230 g/mol. The highest BCUT2D eigenvalue weighted by atomic mass is 16.3. The number of hydrogen-bond donors (Lipinski definition) is 4. The van der Waals surface area contributed by atoms with E-state index < -0.39 is 5.54 Å². The van der Waals surface area contributed by atoms with Gasteiger partial charge in [-0.15, -0.1) is 0 Å². The van der Waals surface area contributed by atoms with Gasteiger partial charge in [0.15, 0.2) is 0 Å². The molecule has 0 aliphatic heterocycles. The summed E-state index contributed by atoms with van der Waals surface area (Å²) in [4.78, 5) is 4.21. The third-order valence-electron chi connectivity index (χ3n) is 3.01. The van der Waals surface area contributed by atoms with Gasteiger partial charge in [-0.2, -0.15) is 0 Å². The van der Waals surface area contributed by atoms with Crippen LogP contribution in [0.25, 0.3) is 0 Å². The Bertz CT molecular complexity index is 346. The molecule has 0 aliphatic rings. The van der Waals surface area contributed by atoms with Crippen molar-refractivity contribution in [3.63, 3.8) is 0 Å². The Balaban J connectivity index is 2.77. The van der Waals surface area contributed by atoms with Gasteiger partial charge in [0.1, 0.15) is 5.82 Å².